The fraction of sp³-hybridized carbons (Fsp3) is 0.200. The van der Waals surface area contributed by atoms with Gasteiger partial charge in [0.25, 0.3) is 0 Å². The van der Waals surface area contributed by atoms with Crippen LogP contribution in [-0.2, 0) is 6.54 Å². The quantitative estimate of drug-likeness (QED) is 0.672. The van der Waals surface area contributed by atoms with Gasteiger partial charge in [0, 0.05) is 12.6 Å². The summed E-state index contributed by atoms with van der Waals surface area (Å²) in [7, 11) is 0. The lowest BCUT2D eigenvalue weighted by Gasteiger charge is -2.17. The zero-order chi connectivity index (χ0) is 16.5. The molecule has 1 aliphatic heterocycles. The third kappa shape index (κ3) is 2.87. The molecule has 0 saturated carbocycles. The van der Waals surface area contributed by atoms with Crippen molar-refractivity contribution in [1.82, 2.24) is 5.32 Å². The summed E-state index contributed by atoms with van der Waals surface area (Å²) >= 11 is 3.55. The zero-order valence-electron chi connectivity index (χ0n) is 13.4. The summed E-state index contributed by atoms with van der Waals surface area (Å²) in [6, 6.07) is 19.3. The van der Waals surface area contributed by atoms with E-state index in [1.54, 1.807) is 0 Å². The molecule has 0 fully saturated rings. The molecule has 122 valence electrons. The molecule has 1 aliphatic rings. The number of hydrogen-bond donors (Lipinski definition) is 1. The second kappa shape index (κ2) is 6.46. The van der Waals surface area contributed by atoms with Crippen LogP contribution >= 0.6 is 15.9 Å². The van der Waals surface area contributed by atoms with Gasteiger partial charge in [0.15, 0.2) is 11.5 Å². The topological polar surface area (TPSA) is 30.5 Å². The van der Waals surface area contributed by atoms with Crippen molar-refractivity contribution in [1.29, 1.82) is 0 Å². The van der Waals surface area contributed by atoms with E-state index in [9.17, 15) is 0 Å². The van der Waals surface area contributed by atoms with Crippen LogP contribution in [0.2, 0.25) is 0 Å². The van der Waals surface area contributed by atoms with Crippen LogP contribution in [0, 0.1) is 0 Å². The Kier molecular flexibility index (Phi) is 4.17. The van der Waals surface area contributed by atoms with Crippen molar-refractivity contribution in [3.63, 3.8) is 0 Å². The second-order valence-electron chi connectivity index (χ2n) is 5.98. The van der Waals surface area contributed by atoms with E-state index < -0.39 is 0 Å². The lowest BCUT2D eigenvalue weighted by molar-refractivity contribution is 0.173. The standard InChI is InChI=1S/C20H18BrNO2/c1-13(16-8-4-6-15-5-2-3-7-17(15)16)22-11-14-9-18(21)20-19(10-14)23-12-24-20/h2-10,13,22H,11-12H2,1H3. The fourth-order valence-electron chi connectivity index (χ4n) is 3.13. The molecule has 0 amide bonds. The molecule has 3 nitrogen and oxygen atoms in total. The molecule has 3 aromatic rings. The normalized spacial score (nSPS) is 14.1. The van der Waals surface area contributed by atoms with Crippen LogP contribution < -0.4 is 14.8 Å². The maximum Gasteiger partial charge on any atom is 0.231 e. The highest BCUT2D eigenvalue weighted by Crippen LogP contribution is 2.40. The predicted molar refractivity (Wildman–Crippen MR) is 99.5 cm³/mol. The van der Waals surface area contributed by atoms with Gasteiger partial charge in [0.05, 0.1) is 4.47 Å². The van der Waals surface area contributed by atoms with E-state index in [0.717, 1.165) is 22.5 Å². The van der Waals surface area contributed by atoms with Crippen LogP contribution in [0.15, 0.2) is 59.1 Å². The summed E-state index contributed by atoms with van der Waals surface area (Å²) in [5.74, 6) is 1.60. The predicted octanol–water partition coefficient (Wildman–Crippen LogP) is 5.18. The molecule has 1 unspecified atom stereocenters. The summed E-state index contributed by atoms with van der Waals surface area (Å²) in [6.45, 7) is 3.25. The Morgan fingerprint density at radius 2 is 1.92 bits per heavy atom. The van der Waals surface area contributed by atoms with E-state index in [-0.39, 0.29) is 12.8 Å². The molecule has 1 heterocycles. The van der Waals surface area contributed by atoms with Crippen molar-refractivity contribution in [3.8, 4) is 11.5 Å². The summed E-state index contributed by atoms with van der Waals surface area (Å²) < 4.78 is 11.9. The number of rotatable bonds is 4. The third-order valence-corrected chi connectivity index (χ3v) is 4.98. The number of benzene rings is 3. The van der Waals surface area contributed by atoms with Crippen LogP contribution in [0.3, 0.4) is 0 Å². The smallest absolute Gasteiger partial charge is 0.231 e. The molecule has 1 atom stereocenters. The number of halogens is 1. The summed E-state index contributed by atoms with van der Waals surface area (Å²) in [4.78, 5) is 0. The van der Waals surface area contributed by atoms with Crippen LogP contribution in [-0.4, -0.2) is 6.79 Å². The summed E-state index contributed by atoms with van der Waals surface area (Å²) in [5, 5.41) is 6.18. The molecule has 24 heavy (non-hydrogen) atoms. The minimum Gasteiger partial charge on any atom is -0.454 e. The van der Waals surface area contributed by atoms with Gasteiger partial charge in [-0.15, -0.1) is 0 Å². The highest BCUT2D eigenvalue weighted by Gasteiger charge is 2.18. The molecule has 1 N–H and O–H groups in total. The van der Waals surface area contributed by atoms with Crippen molar-refractivity contribution >= 4 is 26.7 Å². The largest absolute Gasteiger partial charge is 0.454 e. The maximum atomic E-state index is 5.49. The Hall–Kier alpha value is -2.04. The first kappa shape index (κ1) is 15.5. The first-order valence-corrected chi connectivity index (χ1v) is 8.81. The van der Waals surface area contributed by atoms with Crippen molar-refractivity contribution < 1.29 is 9.47 Å². The molecule has 4 rings (SSSR count). The molecule has 0 aliphatic carbocycles. The lowest BCUT2D eigenvalue weighted by atomic mass is 9.99. The summed E-state index contributed by atoms with van der Waals surface area (Å²) in [5.41, 5.74) is 2.48. The number of ether oxygens (including phenoxy) is 2. The SMILES string of the molecule is CC(NCc1cc(Br)c2c(c1)OCO2)c1cccc2ccccc12. The maximum absolute atomic E-state index is 5.49. The molecule has 0 spiro atoms. The van der Waals surface area contributed by atoms with Gasteiger partial charge >= 0.3 is 0 Å². The van der Waals surface area contributed by atoms with Crippen molar-refractivity contribution in [3.05, 3.63) is 70.2 Å². The average Bonchev–Trinajstić information content (AvgIpc) is 3.08. The van der Waals surface area contributed by atoms with Crippen molar-refractivity contribution in [2.24, 2.45) is 0 Å². The monoisotopic (exact) mass is 383 g/mol. The lowest BCUT2D eigenvalue weighted by Crippen LogP contribution is -2.18. The third-order valence-electron chi connectivity index (χ3n) is 4.39. The molecular weight excluding hydrogens is 366 g/mol. The van der Waals surface area contributed by atoms with Gasteiger partial charge in [0.1, 0.15) is 0 Å². The molecule has 4 heteroatoms. The second-order valence-corrected chi connectivity index (χ2v) is 6.84. The van der Waals surface area contributed by atoms with Gasteiger partial charge in [-0.2, -0.15) is 0 Å². The Bertz CT molecular complexity index is 889. The van der Waals surface area contributed by atoms with E-state index in [4.69, 9.17) is 9.47 Å². The van der Waals surface area contributed by atoms with Crippen molar-refractivity contribution in [2.75, 3.05) is 6.79 Å². The minimum absolute atomic E-state index is 0.250. The van der Waals surface area contributed by atoms with E-state index in [2.05, 4.69) is 76.7 Å². The number of nitrogens with one attached hydrogen (secondary N) is 1. The van der Waals surface area contributed by atoms with Crippen LogP contribution in [0.1, 0.15) is 24.1 Å². The average molecular weight is 384 g/mol. The molecule has 3 aromatic carbocycles. The molecule has 0 saturated heterocycles. The highest BCUT2D eigenvalue weighted by molar-refractivity contribution is 9.10. The Labute approximate surface area is 149 Å². The Morgan fingerprint density at radius 1 is 1.08 bits per heavy atom. The Morgan fingerprint density at radius 3 is 2.83 bits per heavy atom. The highest BCUT2D eigenvalue weighted by atomic mass is 79.9. The molecule has 0 aromatic heterocycles. The summed E-state index contributed by atoms with van der Waals surface area (Å²) in [6.07, 6.45) is 0. The van der Waals surface area contributed by atoms with Gasteiger partial charge in [-0.05, 0) is 56.9 Å². The van der Waals surface area contributed by atoms with Gasteiger partial charge in [-0.3, -0.25) is 0 Å². The molecule has 0 radical (unpaired) electrons. The molecule has 0 bridgehead atoms. The van der Waals surface area contributed by atoms with Crippen LogP contribution in [0.25, 0.3) is 10.8 Å². The first-order valence-electron chi connectivity index (χ1n) is 8.01. The number of hydrogen-bond acceptors (Lipinski definition) is 3. The van der Waals surface area contributed by atoms with Crippen LogP contribution in [0.5, 0.6) is 11.5 Å². The minimum atomic E-state index is 0.250. The van der Waals surface area contributed by atoms with E-state index in [1.165, 1.54) is 21.9 Å². The number of fused-ring (bicyclic) bond motifs is 2. The zero-order valence-corrected chi connectivity index (χ0v) is 15.0. The first-order chi connectivity index (χ1) is 11.7. The van der Waals surface area contributed by atoms with E-state index >= 15 is 0 Å². The van der Waals surface area contributed by atoms with Gasteiger partial charge < -0.3 is 14.8 Å². The van der Waals surface area contributed by atoms with Crippen LogP contribution in [0.4, 0.5) is 0 Å². The molecular formula is C20H18BrNO2. The fourth-order valence-corrected chi connectivity index (χ4v) is 3.74. The Balaban J connectivity index is 1.54. The van der Waals surface area contributed by atoms with Crippen molar-refractivity contribution in [2.45, 2.75) is 19.5 Å². The van der Waals surface area contributed by atoms with E-state index in [0.29, 0.717) is 0 Å². The van der Waals surface area contributed by atoms with Gasteiger partial charge in [-0.1, -0.05) is 42.5 Å². The van der Waals surface area contributed by atoms with Gasteiger partial charge in [0.2, 0.25) is 6.79 Å². The van der Waals surface area contributed by atoms with Gasteiger partial charge in [-0.25, -0.2) is 0 Å². The van der Waals surface area contributed by atoms with E-state index in [1.807, 2.05) is 6.07 Å².